The Bertz CT molecular complexity index is 3810. The van der Waals surface area contributed by atoms with Gasteiger partial charge in [0.1, 0.15) is 23.0 Å². The molecule has 2 heterocycles. The first-order valence-electron chi connectivity index (χ1n) is 27.2. The first kappa shape index (κ1) is 53.4. The highest BCUT2D eigenvalue weighted by molar-refractivity contribution is 6.63. The van der Waals surface area contributed by atoms with Crippen LogP contribution in [-0.2, 0) is 0 Å². The summed E-state index contributed by atoms with van der Waals surface area (Å²) < 4.78 is 21.5. The standard InChI is InChI=1S/C69H50N2O8.CHCl3/c1-76-44-28-20-40(21-29-44)54-58-48-16-8-12-38-13-9-17-49(52(38)48)59(58)55(41-22-30-45(77-2)31-23-41)63-62(54)66(72)70(67(63)73)36-6-5-7-37-71-68(74)64-56(42-24-32-46(78-3)33-25-42)60-50-18-10-14-39-15-11-19-51(53(39)50)61(60)57(65(64)69(71)75)43-26-34-47(79-4)35-27-43;2-1(3)4/h8-35H,5-7,36-37H2,1-4H3;1H. The Hall–Kier alpha value is -8.93. The predicted octanol–water partition coefficient (Wildman–Crippen LogP) is 17.0. The Kier molecular flexibility index (Phi) is 13.8. The van der Waals surface area contributed by atoms with Gasteiger partial charge in [-0.2, -0.15) is 0 Å². The maximum Gasteiger partial charge on any atom is 0.262 e. The number of hydrogen-bond donors (Lipinski definition) is 0. The van der Waals surface area contributed by atoms with Crippen molar-refractivity contribution in [2.45, 2.75) is 23.6 Å². The quantitative estimate of drug-likeness (QED) is 0.0601. The third-order valence-corrected chi connectivity index (χ3v) is 16.5. The SMILES string of the molecule is COc1ccc(-c2c3c(c(-c4ccc(OC)cc4)c4c2-c2cccc5cccc-4c25)C(=O)N(CCCCCN2C(=O)c4c(c(-c5ccc(OC)cc5)c5c(c4-c4ccc(OC)cc4)-c4cccc6cccc-5c46)C2=O)C3=O)cc1.ClC(Cl)Cl. The van der Waals surface area contributed by atoms with E-state index in [1.165, 1.54) is 9.80 Å². The Morgan fingerprint density at radius 3 is 0.759 bits per heavy atom. The number of imide groups is 2. The summed E-state index contributed by atoms with van der Waals surface area (Å²) in [7, 11) is 6.48. The number of nitrogens with zero attached hydrogens (tertiary/aromatic N) is 2. The number of fused-ring (bicyclic) bond motifs is 8. The second kappa shape index (κ2) is 21.4. The van der Waals surface area contributed by atoms with Gasteiger partial charge >= 0.3 is 0 Å². The van der Waals surface area contributed by atoms with E-state index in [0.717, 1.165) is 88.3 Å². The number of ether oxygens (including phenoxy) is 4. The number of rotatable bonds is 14. The topological polar surface area (TPSA) is 112 Å². The number of methoxy groups -OCH3 is 4. The number of carbonyl (C=O) groups excluding carboxylic acids is 4. The van der Waals surface area contributed by atoms with E-state index in [2.05, 4.69) is 48.5 Å². The molecule has 0 atom stereocenters. The summed E-state index contributed by atoms with van der Waals surface area (Å²) in [5.41, 5.74) is 15.0. The molecule has 0 radical (unpaired) electrons. The summed E-state index contributed by atoms with van der Waals surface area (Å²) in [5, 5.41) is 4.28. The second-order valence-electron chi connectivity index (χ2n) is 20.7. The van der Waals surface area contributed by atoms with Crippen molar-refractivity contribution >= 4 is 80.0 Å². The molecule has 0 saturated carbocycles. The second-order valence-corrected chi connectivity index (χ2v) is 22.6. The number of halogens is 3. The average molecular weight is 1150 g/mol. The van der Waals surface area contributed by atoms with E-state index in [1.807, 2.05) is 121 Å². The van der Waals surface area contributed by atoms with E-state index in [4.69, 9.17) is 53.8 Å². The van der Waals surface area contributed by atoms with Crippen LogP contribution in [0.2, 0.25) is 0 Å². The minimum Gasteiger partial charge on any atom is -0.497 e. The molecule has 2 aliphatic heterocycles. The molecule has 83 heavy (non-hydrogen) atoms. The van der Waals surface area contributed by atoms with Crippen molar-refractivity contribution in [1.29, 1.82) is 0 Å². The molecule has 0 saturated heterocycles. The van der Waals surface area contributed by atoms with Gasteiger partial charge in [-0.05, 0) is 156 Å². The molecule has 10 aromatic carbocycles. The Balaban J connectivity index is 0.00000156. The lowest BCUT2D eigenvalue weighted by Crippen LogP contribution is -2.32. The molecular weight excluding hydrogens is 1100 g/mol. The zero-order valence-electron chi connectivity index (χ0n) is 45.6. The van der Waals surface area contributed by atoms with Gasteiger partial charge in [-0.3, -0.25) is 29.0 Å². The molecule has 0 bridgehead atoms. The van der Waals surface area contributed by atoms with E-state index in [1.54, 1.807) is 28.4 Å². The van der Waals surface area contributed by atoms with Gasteiger partial charge in [0.2, 0.25) is 0 Å². The van der Waals surface area contributed by atoms with Gasteiger partial charge in [0, 0.05) is 35.3 Å². The fraction of sp³-hybridized carbons (Fsp3) is 0.143. The van der Waals surface area contributed by atoms with Crippen LogP contribution < -0.4 is 18.9 Å². The van der Waals surface area contributed by atoms with Crippen LogP contribution in [0, 0.1) is 0 Å². The lowest BCUT2D eigenvalue weighted by molar-refractivity contribution is 0.0647. The lowest BCUT2D eigenvalue weighted by Gasteiger charge is -2.20. The Morgan fingerprint density at radius 1 is 0.313 bits per heavy atom. The van der Waals surface area contributed by atoms with Crippen LogP contribution in [0.3, 0.4) is 0 Å². The minimum absolute atomic E-state index is 0.135. The summed E-state index contributed by atoms with van der Waals surface area (Å²) in [6.07, 6.45) is 1.40. The monoisotopic (exact) mass is 1150 g/mol. The zero-order valence-corrected chi connectivity index (χ0v) is 47.8. The van der Waals surface area contributed by atoms with Crippen LogP contribution in [0.15, 0.2) is 170 Å². The smallest absolute Gasteiger partial charge is 0.262 e. The van der Waals surface area contributed by atoms with E-state index in [9.17, 15) is 0 Å². The summed E-state index contributed by atoms with van der Waals surface area (Å²) in [4.78, 5) is 64.2. The highest BCUT2D eigenvalue weighted by Crippen LogP contribution is 2.60. The van der Waals surface area contributed by atoms with Crippen LogP contribution in [0.4, 0.5) is 0 Å². The highest BCUT2D eigenvalue weighted by Gasteiger charge is 2.46. The van der Waals surface area contributed by atoms with Crippen LogP contribution in [0.5, 0.6) is 23.0 Å². The number of unbranched alkanes of at least 4 members (excludes halogenated alkanes) is 2. The van der Waals surface area contributed by atoms with Crippen molar-refractivity contribution in [3.05, 3.63) is 192 Å². The molecule has 0 N–H and O–H groups in total. The van der Waals surface area contributed by atoms with E-state index >= 15 is 19.2 Å². The van der Waals surface area contributed by atoms with E-state index < -0.39 is 4.30 Å². The van der Waals surface area contributed by atoms with E-state index in [-0.39, 0.29) is 36.7 Å². The zero-order chi connectivity index (χ0) is 57.4. The van der Waals surface area contributed by atoms with Crippen LogP contribution in [0.1, 0.15) is 60.7 Å². The summed E-state index contributed by atoms with van der Waals surface area (Å²) in [6.45, 7) is 0.270. The molecular formula is C70H51Cl3N2O8. The van der Waals surface area contributed by atoms with Gasteiger partial charge in [-0.25, -0.2) is 0 Å². The van der Waals surface area contributed by atoms with Gasteiger partial charge in [0.25, 0.3) is 23.6 Å². The number of amides is 4. The number of carbonyl (C=O) groups is 4. The Morgan fingerprint density at radius 2 is 0.542 bits per heavy atom. The van der Waals surface area contributed by atoms with Crippen molar-refractivity contribution < 1.29 is 38.1 Å². The normalized spacial score (nSPS) is 13.2. The number of benzene rings is 10. The van der Waals surface area contributed by atoms with Crippen molar-refractivity contribution in [2.24, 2.45) is 0 Å². The molecule has 10 nitrogen and oxygen atoms in total. The van der Waals surface area contributed by atoms with Crippen LogP contribution in [0.25, 0.3) is 111 Å². The highest BCUT2D eigenvalue weighted by atomic mass is 35.6. The minimum atomic E-state index is -0.750. The van der Waals surface area contributed by atoms with Crippen molar-refractivity contribution in [3.63, 3.8) is 0 Å². The lowest BCUT2D eigenvalue weighted by atomic mass is 9.81. The summed E-state index contributed by atoms with van der Waals surface area (Å²) in [6, 6.07) is 55.7. The van der Waals surface area contributed by atoms with Gasteiger partial charge in [-0.15, -0.1) is 0 Å². The third-order valence-electron chi connectivity index (χ3n) is 16.5. The number of alkyl halides is 3. The van der Waals surface area contributed by atoms with Crippen molar-refractivity contribution in [1.82, 2.24) is 9.80 Å². The average Bonchev–Trinajstić information content (AvgIpc) is 3.72. The molecule has 14 rings (SSSR count). The Labute approximate surface area is 494 Å². The molecule has 0 unspecified atom stereocenters. The third kappa shape index (κ3) is 8.61. The van der Waals surface area contributed by atoms with Gasteiger partial charge in [0.05, 0.1) is 50.7 Å². The van der Waals surface area contributed by atoms with Crippen LogP contribution >= 0.6 is 34.8 Å². The first-order chi connectivity index (χ1) is 40.5. The molecule has 10 aromatic rings. The molecule has 4 aliphatic rings. The molecule has 410 valence electrons. The first-order valence-corrected chi connectivity index (χ1v) is 28.5. The van der Waals surface area contributed by atoms with Gasteiger partial charge in [0.15, 0.2) is 4.30 Å². The molecule has 2 aliphatic carbocycles. The fourth-order valence-electron chi connectivity index (χ4n) is 13.0. The molecule has 13 heteroatoms. The fourth-order valence-corrected chi connectivity index (χ4v) is 13.0. The number of hydrogen-bond acceptors (Lipinski definition) is 8. The maximum atomic E-state index is 15.3. The van der Waals surface area contributed by atoms with Gasteiger partial charge < -0.3 is 18.9 Å². The summed E-state index contributed by atoms with van der Waals surface area (Å²) >= 11 is 14.4. The van der Waals surface area contributed by atoms with Crippen molar-refractivity contribution in [2.75, 3.05) is 41.5 Å². The molecule has 0 fully saturated rings. The van der Waals surface area contributed by atoms with E-state index in [0.29, 0.717) is 86.8 Å². The maximum absolute atomic E-state index is 15.3. The largest absolute Gasteiger partial charge is 0.497 e. The van der Waals surface area contributed by atoms with Crippen molar-refractivity contribution in [3.8, 4) is 112 Å². The summed E-state index contributed by atoms with van der Waals surface area (Å²) in [5.74, 6) is 1.22. The van der Waals surface area contributed by atoms with Crippen LogP contribution in [-0.4, -0.2) is 79.3 Å². The predicted molar refractivity (Wildman–Crippen MR) is 331 cm³/mol. The van der Waals surface area contributed by atoms with Gasteiger partial charge in [-0.1, -0.05) is 156 Å². The molecule has 0 spiro atoms. The molecule has 4 amide bonds. The molecule has 0 aromatic heterocycles.